The van der Waals surface area contributed by atoms with Gasteiger partial charge in [0, 0.05) is 23.2 Å². The van der Waals surface area contributed by atoms with E-state index in [2.05, 4.69) is 227 Å². The smallest absolute Gasteiger partial charge is 1.00 e. The van der Waals surface area contributed by atoms with E-state index in [9.17, 15) is 10.2 Å². The van der Waals surface area contributed by atoms with Crippen molar-refractivity contribution in [1.82, 2.24) is 0 Å². The summed E-state index contributed by atoms with van der Waals surface area (Å²) in [6.45, 7) is 7.27. The van der Waals surface area contributed by atoms with E-state index in [1.807, 2.05) is 24.3 Å². The average Bonchev–Trinajstić information content (AvgIpc) is 1.87. The van der Waals surface area contributed by atoms with Gasteiger partial charge in [0.25, 0.3) is 6.47 Å². The Morgan fingerprint density at radius 3 is 1.06 bits per heavy atom. The second-order valence-corrected chi connectivity index (χ2v) is 26.0. The molecule has 10 aromatic carbocycles. The zero-order valence-electron chi connectivity index (χ0n) is 50.1. The van der Waals surface area contributed by atoms with Crippen LogP contribution in [0.25, 0.3) is 43.1 Å². The summed E-state index contributed by atoms with van der Waals surface area (Å²) >= 11 is 18.6. The molecule has 0 bridgehead atoms. The van der Waals surface area contributed by atoms with Crippen LogP contribution < -0.4 is 113 Å². The Balaban J connectivity index is 0.000000225. The summed E-state index contributed by atoms with van der Waals surface area (Å²) in [6.07, 6.45) is 16.0. The van der Waals surface area contributed by atoms with Gasteiger partial charge in [0.2, 0.25) is 0 Å². The molecule has 2 aliphatic carbocycles. The Morgan fingerprint density at radius 2 is 0.741 bits per heavy atom. The number of alkyl halides is 1. The van der Waals surface area contributed by atoms with E-state index in [1.165, 1.54) is 158 Å². The van der Waals surface area contributed by atoms with Gasteiger partial charge in [-0.1, -0.05) is 248 Å². The number of hydrogen-bond donors (Lipinski definition) is 2. The van der Waals surface area contributed by atoms with Crippen molar-refractivity contribution in [3.63, 3.8) is 0 Å². The predicted octanol–water partition coefficient (Wildman–Crippen LogP) is 15.2. The molecule has 0 saturated heterocycles. The van der Waals surface area contributed by atoms with Crippen molar-refractivity contribution in [2.45, 2.75) is 109 Å². The van der Waals surface area contributed by atoms with Crippen LogP contribution in [0.3, 0.4) is 0 Å². The number of aryl methyl sites for hydroxylation is 1. The molecule has 10 aromatic rings. The number of phenols is 2. The molecular weight excluding hydrogens is 1440 g/mol. The van der Waals surface area contributed by atoms with Gasteiger partial charge >= 0.3 is 103 Å². The number of unbranched alkanes of at least 4 members (excludes halogenated alkanes) is 10. The number of phenolic OH excluding ortho intramolecular Hbond substituents is 2. The number of carbonyl (C=O) groups is 1. The third-order valence-corrected chi connectivity index (χ3v) is 18.6. The Labute approximate surface area is 629 Å². The van der Waals surface area contributed by atoms with Crippen molar-refractivity contribution in [3.05, 3.63) is 238 Å². The van der Waals surface area contributed by atoms with Crippen LogP contribution in [0.4, 0.5) is 0 Å². The molecule has 0 aromatic heterocycles. The van der Waals surface area contributed by atoms with Gasteiger partial charge in [0.15, 0.2) is 0 Å². The van der Waals surface area contributed by atoms with Crippen molar-refractivity contribution in [3.8, 4) is 17.2 Å². The fraction of sp³-hybridized carbons (Fsp3) is 0.264. The molecule has 0 fully saturated rings. The maximum atomic E-state index is 10.0. The third-order valence-electron chi connectivity index (χ3n) is 16.2. The fourth-order valence-electron chi connectivity index (χ4n) is 12.5. The molecule has 0 heterocycles. The topological polar surface area (TPSA) is 99.1 Å². The van der Waals surface area contributed by atoms with Crippen LogP contribution >= 0.6 is 79.6 Å². The zero-order valence-corrected chi connectivity index (χ0v) is 63.2. The second kappa shape index (κ2) is 33.2. The quantitative estimate of drug-likeness (QED) is 0.0159. The molecule has 12 rings (SSSR count). The number of halogens is 5. The molecule has 0 unspecified atom stereocenters. The number of ether oxygens (including phenoxy) is 1. The van der Waals surface area contributed by atoms with Gasteiger partial charge in [0.1, 0.15) is 17.2 Å². The summed E-state index contributed by atoms with van der Waals surface area (Å²) in [6, 6.07) is 59.7. The second-order valence-electron chi connectivity index (χ2n) is 21.6. The zero-order chi connectivity index (χ0) is 58.7. The van der Waals surface area contributed by atoms with Crippen LogP contribution in [0, 0.1) is 6.92 Å². The van der Waals surface area contributed by atoms with Crippen LogP contribution in [0.1, 0.15) is 142 Å². The number of benzene rings is 10. The molecule has 2 N–H and O–H groups in total. The van der Waals surface area contributed by atoms with Crippen molar-refractivity contribution >= 4 is 129 Å². The number of rotatable bonds is 19. The Morgan fingerprint density at radius 1 is 0.447 bits per heavy atom. The Bertz CT molecular complexity index is 3680. The van der Waals surface area contributed by atoms with E-state index in [-0.39, 0.29) is 122 Å². The van der Waals surface area contributed by atoms with E-state index in [4.69, 9.17) is 14.8 Å². The number of aromatic hydroxyl groups is 2. The molecule has 0 atom stereocenters. The van der Waals surface area contributed by atoms with E-state index in [1.54, 1.807) is 24.3 Å². The maximum Gasteiger partial charge on any atom is 1.00 e. The van der Waals surface area contributed by atoms with E-state index < -0.39 is 10.8 Å². The first-order chi connectivity index (χ1) is 40.3. The van der Waals surface area contributed by atoms with Gasteiger partial charge in [-0.05, 0) is 192 Å². The summed E-state index contributed by atoms with van der Waals surface area (Å²) in [5, 5.41) is 39.7. The molecule has 13 heteroatoms. The molecule has 85 heavy (non-hydrogen) atoms. The number of hydrogen-bond acceptors (Lipinski definition) is 6. The standard InChI is InChI=1S/C36H34Br2O.C27H16Br2O2.C8H17Br.CH2O3.2K.H/c1-3-4-5-6-7-8-19-39-31-17-15-28(16-18-31)36(27-13-9-24(2)10-14-27)32-22-29(37)20-25-11-12-26-21-30(38)23-33(36)35(26)34(25)32;28-19-11-15-1-2-16-12-20(29)14-24-26(16)25(15)23(13-19)27(24,17-3-7-21(30)8-4-17)18-5-9-22(31)10-6-18;1-2-3-4-5-6-7-8-9;2-1-4-3;;;/h9-18,20-23H,3-8,19H2,1-2H3;1-14,30-31H;2-8H2,1H3;1,3H;;;/q;;;;2*+1;-1/p-1. The van der Waals surface area contributed by atoms with Crippen LogP contribution in [0.5, 0.6) is 17.2 Å². The average molecular weight is 1510 g/mol. The van der Waals surface area contributed by atoms with E-state index in [0.29, 0.717) is 0 Å². The fourth-order valence-corrected chi connectivity index (χ4v) is 14.8. The summed E-state index contributed by atoms with van der Waals surface area (Å²) in [5.74, 6) is 1.42. The minimum atomic E-state index is -0.588. The van der Waals surface area contributed by atoms with Gasteiger partial charge in [-0.3, -0.25) is 4.79 Å². The van der Waals surface area contributed by atoms with Crippen molar-refractivity contribution in [2.75, 3.05) is 11.9 Å². The van der Waals surface area contributed by atoms with Gasteiger partial charge in [-0.2, -0.15) is 0 Å². The largest absolute Gasteiger partial charge is 1.00 e. The van der Waals surface area contributed by atoms with Crippen LogP contribution in [0.2, 0.25) is 0 Å². The molecule has 0 aliphatic heterocycles. The van der Waals surface area contributed by atoms with Gasteiger partial charge < -0.3 is 26.5 Å². The Kier molecular flexibility index (Phi) is 27.4. The molecule has 0 amide bonds. The molecule has 6 nitrogen and oxygen atoms in total. The van der Waals surface area contributed by atoms with Gasteiger partial charge in [-0.25, -0.2) is 0 Å². The van der Waals surface area contributed by atoms with Crippen LogP contribution in [0.15, 0.2) is 188 Å². The van der Waals surface area contributed by atoms with Gasteiger partial charge in [-0.15, -0.1) is 0 Å². The minimum Gasteiger partial charge on any atom is -1.00 e. The first-order valence-electron chi connectivity index (χ1n) is 28.7. The summed E-state index contributed by atoms with van der Waals surface area (Å²) in [7, 11) is 0. The molecule has 0 radical (unpaired) electrons. The van der Waals surface area contributed by atoms with Gasteiger partial charge in [0.05, 0.1) is 17.4 Å². The van der Waals surface area contributed by atoms with E-state index in [0.717, 1.165) is 47.8 Å². The van der Waals surface area contributed by atoms with Crippen LogP contribution in [-0.2, 0) is 20.5 Å². The monoisotopic (exact) mass is 1500 g/mol. The maximum absolute atomic E-state index is 10.0. The summed E-state index contributed by atoms with van der Waals surface area (Å²) in [5.41, 5.74) is 9.94. The van der Waals surface area contributed by atoms with Crippen LogP contribution in [-0.4, -0.2) is 28.6 Å². The Hall–Kier alpha value is -2.26. The molecule has 430 valence electrons. The van der Waals surface area contributed by atoms with Crippen molar-refractivity contribution < 1.29 is 134 Å². The van der Waals surface area contributed by atoms with Crippen molar-refractivity contribution in [2.24, 2.45) is 0 Å². The molecule has 2 aliphatic rings. The first-order valence-corrected chi connectivity index (χ1v) is 33.0. The SMILES string of the molecule is CCCCCCCCBr.CCCCCCCCOc1ccc(C2(c3ccc(C)cc3)c3cc(Br)cc4ccc5cc(Br)cc2c5c34)cc1.O=CO[O-].Oc1ccc(C2(c3ccc(O)cc3)c3cc(Br)cc4ccc5cc(Br)cc2c5c34)cc1.[H-].[K+].[K+]. The third kappa shape index (κ3) is 15.4. The normalized spacial score (nSPS) is 12.6. The number of carbonyl (C=O) groups excluding carboxylic acids is 1. The predicted molar refractivity (Wildman–Crippen MR) is 360 cm³/mol. The first kappa shape index (κ1) is 70.2. The molecule has 0 saturated carbocycles. The summed E-state index contributed by atoms with van der Waals surface area (Å²) in [4.78, 5) is 11.2. The minimum absolute atomic E-state index is 0. The van der Waals surface area contributed by atoms with Crippen molar-refractivity contribution in [1.29, 1.82) is 0 Å². The van der Waals surface area contributed by atoms with E-state index >= 15 is 0 Å². The summed E-state index contributed by atoms with van der Waals surface area (Å²) < 4.78 is 10.4. The molecule has 0 spiro atoms. The molecular formula is C72H69Br5K2O6.